The van der Waals surface area contributed by atoms with E-state index in [9.17, 15) is 0 Å². The van der Waals surface area contributed by atoms with Gasteiger partial charge in [0.25, 0.3) is 0 Å². The number of hydrogen-bond acceptors (Lipinski definition) is 3. The predicted octanol–water partition coefficient (Wildman–Crippen LogP) is 1.20. The minimum atomic E-state index is 0.622. The van der Waals surface area contributed by atoms with Crippen molar-refractivity contribution in [2.45, 2.75) is 26.3 Å². The molecule has 0 aromatic rings. The van der Waals surface area contributed by atoms with Gasteiger partial charge in [0.05, 0.1) is 0 Å². The summed E-state index contributed by atoms with van der Waals surface area (Å²) in [4.78, 5) is 2.42. The molecule has 0 saturated carbocycles. The van der Waals surface area contributed by atoms with E-state index < -0.39 is 0 Å². The number of likely N-dealkylation sites (N-methyl/N-ethyl adjacent to an activating group) is 2. The fraction of sp³-hybridized carbons (Fsp3) is 1.00. The first-order valence-corrected chi connectivity index (χ1v) is 5.47. The van der Waals surface area contributed by atoms with Gasteiger partial charge in [0.2, 0.25) is 0 Å². The van der Waals surface area contributed by atoms with Crippen LogP contribution in [0.5, 0.6) is 0 Å². The summed E-state index contributed by atoms with van der Waals surface area (Å²) >= 11 is 0. The zero-order chi connectivity index (χ0) is 11.0. The smallest absolute Gasteiger partial charge is 0.0474 e. The summed E-state index contributed by atoms with van der Waals surface area (Å²) in [5.74, 6) is 0.690. The second-order valence-electron chi connectivity index (χ2n) is 4.20. The zero-order valence-corrected chi connectivity index (χ0v) is 10.3. The van der Waals surface area contributed by atoms with Crippen LogP contribution in [0.2, 0.25) is 0 Å². The van der Waals surface area contributed by atoms with Crippen molar-refractivity contribution in [1.82, 2.24) is 10.2 Å². The molecule has 3 heteroatoms. The van der Waals surface area contributed by atoms with E-state index in [1.807, 2.05) is 7.05 Å². The molecule has 14 heavy (non-hydrogen) atoms. The van der Waals surface area contributed by atoms with Crippen LogP contribution in [-0.4, -0.2) is 51.8 Å². The lowest BCUT2D eigenvalue weighted by atomic mass is 10.0. The third-order valence-electron chi connectivity index (χ3n) is 2.61. The number of nitrogens with zero attached hydrogens (tertiary/aromatic N) is 1. The van der Waals surface area contributed by atoms with Gasteiger partial charge in [-0.3, -0.25) is 0 Å². The van der Waals surface area contributed by atoms with Crippen molar-refractivity contribution in [3.8, 4) is 0 Å². The maximum Gasteiger partial charge on any atom is 0.0474 e. The quantitative estimate of drug-likeness (QED) is 0.599. The summed E-state index contributed by atoms with van der Waals surface area (Å²) in [5, 5.41) is 3.25. The Morgan fingerprint density at radius 2 is 2.00 bits per heavy atom. The Labute approximate surface area is 88.8 Å². The van der Waals surface area contributed by atoms with Gasteiger partial charge in [-0.2, -0.15) is 0 Å². The highest BCUT2D eigenvalue weighted by Gasteiger charge is 2.16. The number of ether oxygens (including phenoxy) is 1. The van der Waals surface area contributed by atoms with E-state index >= 15 is 0 Å². The standard InChI is InChI=1S/C11H26N2O/c1-10(2)11(9-12-3)13(4)7-6-8-14-5/h10-12H,6-9H2,1-5H3. The molecule has 0 aliphatic heterocycles. The minimum Gasteiger partial charge on any atom is -0.385 e. The number of nitrogens with one attached hydrogen (secondary N) is 1. The monoisotopic (exact) mass is 202 g/mol. The highest BCUT2D eigenvalue weighted by atomic mass is 16.5. The van der Waals surface area contributed by atoms with Crippen molar-refractivity contribution in [1.29, 1.82) is 0 Å². The van der Waals surface area contributed by atoms with Crippen LogP contribution in [-0.2, 0) is 4.74 Å². The van der Waals surface area contributed by atoms with Crippen molar-refractivity contribution >= 4 is 0 Å². The molecule has 1 N–H and O–H groups in total. The van der Waals surface area contributed by atoms with E-state index in [-0.39, 0.29) is 0 Å². The molecule has 1 unspecified atom stereocenters. The second kappa shape index (κ2) is 8.21. The first-order chi connectivity index (χ1) is 6.63. The van der Waals surface area contributed by atoms with Gasteiger partial charge in [-0.05, 0) is 26.4 Å². The fourth-order valence-corrected chi connectivity index (χ4v) is 1.73. The first kappa shape index (κ1) is 13.9. The molecule has 0 spiro atoms. The fourth-order valence-electron chi connectivity index (χ4n) is 1.73. The molecule has 1 atom stereocenters. The van der Waals surface area contributed by atoms with Crippen LogP contribution in [0.1, 0.15) is 20.3 Å². The zero-order valence-electron chi connectivity index (χ0n) is 10.3. The predicted molar refractivity (Wildman–Crippen MR) is 61.7 cm³/mol. The molecule has 0 aliphatic rings. The third-order valence-corrected chi connectivity index (χ3v) is 2.61. The van der Waals surface area contributed by atoms with Crippen molar-refractivity contribution in [3.05, 3.63) is 0 Å². The van der Waals surface area contributed by atoms with Crippen molar-refractivity contribution in [2.75, 3.05) is 40.9 Å². The summed E-state index contributed by atoms with van der Waals surface area (Å²) < 4.78 is 5.05. The van der Waals surface area contributed by atoms with Gasteiger partial charge in [0.1, 0.15) is 0 Å². The third kappa shape index (κ3) is 5.58. The second-order valence-corrected chi connectivity index (χ2v) is 4.20. The Bertz CT molecular complexity index is 128. The van der Waals surface area contributed by atoms with Gasteiger partial charge in [-0.15, -0.1) is 0 Å². The molecule has 86 valence electrons. The summed E-state index contributed by atoms with van der Waals surface area (Å²) in [6, 6.07) is 0.622. The first-order valence-electron chi connectivity index (χ1n) is 5.47. The SMILES string of the molecule is CNCC(C(C)C)N(C)CCCOC. The molecule has 0 heterocycles. The van der Waals surface area contributed by atoms with Gasteiger partial charge in [0.15, 0.2) is 0 Å². The molecule has 0 amide bonds. The molecule has 0 bridgehead atoms. The molecule has 0 aliphatic carbocycles. The Balaban J connectivity index is 3.82. The van der Waals surface area contributed by atoms with Crippen LogP contribution >= 0.6 is 0 Å². The summed E-state index contributed by atoms with van der Waals surface area (Å²) in [7, 11) is 5.96. The van der Waals surface area contributed by atoms with Gasteiger partial charge in [-0.1, -0.05) is 13.8 Å². The molecule has 0 saturated heterocycles. The Kier molecular flexibility index (Phi) is 8.14. The van der Waals surface area contributed by atoms with Crippen molar-refractivity contribution < 1.29 is 4.74 Å². The lowest BCUT2D eigenvalue weighted by Gasteiger charge is -2.31. The number of hydrogen-bond donors (Lipinski definition) is 1. The van der Waals surface area contributed by atoms with Gasteiger partial charge in [-0.25, -0.2) is 0 Å². The molecule has 0 rings (SSSR count). The van der Waals surface area contributed by atoms with Crippen LogP contribution in [0.25, 0.3) is 0 Å². The number of methoxy groups -OCH3 is 1. The van der Waals surface area contributed by atoms with Crippen LogP contribution in [0, 0.1) is 5.92 Å². The van der Waals surface area contributed by atoms with Crippen LogP contribution in [0.4, 0.5) is 0 Å². The van der Waals surface area contributed by atoms with Crippen LogP contribution in [0.3, 0.4) is 0 Å². The highest BCUT2D eigenvalue weighted by molar-refractivity contribution is 4.73. The van der Waals surface area contributed by atoms with E-state index in [1.54, 1.807) is 7.11 Å². The van der Waals surface area contributed by atoms with Gasteiger partial charge in [0, 0.05) is 32.8 Å². The minimum absolute atomic E-state index is 0.622. The van der Waals surface area contributed by atoms with Gasteiger partial charge < -0.3 is 15.0 Å². The maximum atomic E-state index is 5.05. The van der Waals surface area contributed by atoms with Crippen LogP contribution in [0.15, 0.2) is 0 Å². The average Bonchev–Trinajstić information content (AvgIpc) is 2.13. The normalized spacial score (nSPS) is 13.9. The summed E-state index contributed by atoms with van der Waals surface area (Å²) in [6.45, 7) is 7.57. The van der Waals surface area contributed by atoms with E-state index in [1.165, 1.54) is 0 Å². The summed E-state index contributed by atoms with van der Waals surface area (Å²) in [5.41, 5.74) is 0. The highest BCUT2D eigenvalue weighted by Crippen LogP contribution is 2.08. The molecule has 0 aromatic heterocycles. The largest absolute Gasteiger partial charge is 0.385 e. The Morgan fingerprint density at radius 3 is 2.43 bits per heavy atom. The van der Waals surface area contributed by atoms with E-state index in [0.29, 0.717) is 12.0 Å². The lowest BCUT2D eigenvalue weighted by Crippen LogP contribution is -2.43. The van der Waals surface area contributed by atoms with Crippen molar-refractivity contribution in [3.63, 3.8) is 0 Å². The summed E-state index contributed by atoms with van der Waals surface area (Å²) in [6.07, 6.45) is 1.11. The molecule has 0 fully saturated rings. The maximum absolute atomic E-state index is 5.05. The molecular weight excluding hydrogens is 176 g/mol. The van der Waals surface area contributed by atoms with Gasteiger partial charge >= 0.3 is 0 Å². The molecule has 0 aromatic carbocycles. The van der Waals surface area contributed by atoms with E-state index in [0.717, 1.165) is 26.1 Å². The van der Waals surface area contributed by atoms with Crippen molar-refractivity contribution in [2.24, 2.45) is 5.92 Å². The van der Waals surface area contributed by atoms with Crippen LogP contribution < -0.4 is 5.32 Å². The average molecular weight is 202 g/mol. The Morgan fingerprint density at radius 1 is 1.36 bits per heavy atom. The molecule has 3 nitrogen and oxygen atoms in total. The molecule has 0 radical (unpaired) electrons. The van der Waals surface area contributed by atoms with E-state index in [4.69, 9.17) is 4.74 Å². The number of rotatable bonds is 8. The Hall–Kier alpha value is -0.120. The van der Waals surface area contributed by atoms with E-state index in [2.05, 4.69) is 31.1 Å². The molecular formula is C11H26N2O. The lowest BCUT2D eigenvalue weighted by molar-refractivity contribution is 0.148. The topological polar surface area (TPSA) is 24.5 Å².